The molecule has 6 nitrogen and oxygen atoms in total. The first-order valence-corrected chi connectivity index (χ1v) is 10.3. The van der Waals surface area contributed by atoms with Crippen LogP contribution in [0, 0.1) is 0 Å². The number of carbonyl (C=O) groups is 2. The van der Waals surface area contributed by atoms with Crippen LogP contribution in [0.15, 0.2) is 53.5 Å². The predicted octanol–water partition coefficient (Wildman–Crippen LogP) is 3.85. The number of hydrogen-bond donors (Lipinski definition) is 1. The average molecular weight is 401 g/mol. The monoisotopic (exact) mass is 400 g/mol. The van der Waals surface area contributed by atoms with E-state index >= 15 is 0 Å². The van der Waals surface area contributed by atoms with E-state index in [1.54, 1.807) is 17.2 Å². The molecular weight excluding hydrogens is 380 g/mol. The van der Waals surface area contributed by atoms with Gasteiger partial charge in [0.15, 0.2) is 5.17 Å². The molecule has 1 aromatic carbocycles. The number of hydrogen-bond acceptors (Lipinski definition) is 6. The lowest BCUT2D eigenvalue weighted by Gasteiger charge is -2.13. The van der Waals surface area contributed by atoms with Crippen molar-refractivity contribution < 1.29 is 9.59 Å². The zero-order valence-electron chi connectivity index (χ0n) is 14.9. The Morgan fingerprint density at radius 3 is 2.96 bits per heavy atom. The van der Waals surface area contributed by atoms with Crippen LogP contribution in [0.2, 0.25) is 0 Å². The Balaban J connectivity index is 1.71. The Labute approximate surface area is 166 Å². The summed E-state index contributed by atoms with van der Waals surface area (Å²) in [5, 5.41) is 5.39. The van der Waals surface area contributed by atoms with Gasteiger partial charge in [0.2, 0.25) is 16.9 Å². The SMILES string of the molecule is C=CCN1C(=O)C(CC(=O)Nc2ccccc2CC)SC1=Nc1nccs1. The molecular formula is C19H20N4O2S2. The molecule has 2 amide bonds. The number of nitrogens with one attached hydrogen (secondary N) is 1. The number of para-hydroxylation sites is 1. The van der Waals surface area contributed by atoms with Crippen molar-refractivity contribution in [3.8, 4) is 0 Å². The average Bonchev–Trinajstić information content (AvgIpc) is 3.27. The summed E-state index contributed by atoms with van der Waals surface area (Å²) in [6, 6.07) is 7.68. The summed E-state index contributed by atoms with van der Waals surface area (Å²) in [6.07, 6.45) is 4.23. The third-order valence-corrected chi connectivity index (χ3v) is 5.83. The summed E-state index contributed by atoms with van der Waals surface area (Å²) in [5.74, 6) is -0.315. The molecule has 0 bridgehead atoms. The van der Waals surface area contributed by atoms with E-state index in [9.17, 15) is 9.59 Å². The first kappa shape index (κ1) is 19.3. The molecule has 0 saturated carbocycles. The maximum atomic E-state index is 12.7. The lowest BCUT2D eigenvalue weighted by atomic mass is 10.1. The second-order valence-corrected chi connectivity index (χ2v) is 7.86. The number of aliphatic imine (C=N–C) groups is 1. The third kappa shape index (κ3) is 4.64. The van der Waals surface area contributed by atoms with Crippen molar-refractivity contribution in [2.45, 2.75) is 25.0 Å². The molecule has 1 fully saturated rings. The molecule has 140 valence electrons. The number of amidine groups is 1. The van der Waals surface area contributed by atoms with Crippen LogP contribution in [0.5, 0.6) is 0 Å². The van der Waals surface area contributed by atoms with Gasteiger partial charge in [-0.2, -0.15) is 4.99 Å². The summed E-state index contributed by atoms with van der Waals surface area (Å²) < 4.78 is 0. The van der Waals surface area contributed by atoms with Gasteiger partial charge in [-0.05, 0) is 18.1 Å². The first-order valence-electron chi connectivity index (χ1n) is 8.57. The van der Waals surface area contributed by atoms with Gasteiger partial charge in [0.25, 0.3) is 0 Å². The second-order valence-electron chi connectivity index (χ2n) is 5.82. The molecule has 0 radical (unpaired) electrons. The van der Waals surface area contributed by atoms with Crippen molar-refractivity contribution in [2.75, 3.05) is 11.9 Å². The number of thioether (sulfide) groups is 1. The number of aromatic nitrogens is 1. The van der Waals surface area contributed by atoms with Crippen molar-refractivity contribution in [1.82, 2.24) is 9.88 Å². The number of carbonyl (C=O) groups excluding carboxylic acids is 2. The minimum Gasteiger partial charge on any atom is -0.326 e. The summed E-state index contributed by atoms with van der Waals surface area (Å²) in [7, 11) is 0. The summed E-state index contributed by atoms with van der Waals surface area (Å²) in [5.41, 5.74) is 1.86. The van der Waals surface area contributed by atoms with Gasteiger partial charge >= 0.3 is 0 Å². The van der Waals surface area contributed by atoms with Gasteiger partial charge in [0, 0.05) is 30.2 Å². The minimum absolute atomic E-state index is 0.0894. The maximum Gasteiger partial charge on any atom is 0.242 e. The number of thiazole rings is 1. The van der Waals surface area contributed by atoms with E-state index in [4.69, 9.17) is 0 Å². The highest BCUT2D eigenvalue weighted by Crippen LogP contribution is 2.32. The van der Waals surface area contributed by atoms with Gasteiger partial charge < -0.3 is 5.32 Å². The van der Waals surface area contributed by atoms with Crippen LogP contribution >= 0.6 is 23.1 Å². The number of aryl methyl sites for hydroxylation is 1. The molecule has 2 heterocycles. The Bertz CT molecular complexity index is 864. The summed E-state index contributed by atoms with van der Waals surface area (Å²) >= 11 is 2.70. The number of benzene rings is 1. The van der Waals surface area contributed by atoms with Crippen LogP contribution in [0.1, 0.15) is 18.9 Å². The van der Waals surface area contributed by atoms with Crippen LogP contribution in [0.25, 0.3) is 0 Å². The highest BCUT2D eigenvalue weighted by atomic mass is 32.2. The van der Waals surface area contributed by atoms with E-state index < -0.39 is 5.25 Å². The fourth-order valence-electron chi connectivity index (χ4n) is 2.70. The Morgan fingerprint density at radius 2 is 2.26 bits per heavy atom. The molecule has 1 unspecified atom stereocenters. The van der Waals surface area contributed by atoms with E-state index in [-0.39, 0.29) is 18.2 Å². The molecule has 1 aromatic heterocycles. The quantitative estimate of drug-likeness (QED) is 0.717. The van der Waals surface area contributed by atoms with Gasteiger partial charge in [0.05, 0.1) is 0 Å². The van der Waals surface area contributed by atoms with Crippen molar-refractivity contribution in [3.63, 3.8) is 0 Å². The van der Waals surface area contributed by atoms with Crippen molar-refractivity contribution in [3.05, 3.63) is 54.1 Å². The first-order chi connectivity index (χ1) is 13.1. The number of rotatable bonds is 7. The van der Waals surface area contributed by atoms with Crippen molar-refractivity contribution in [1.29, 1.82) is 0 Å². The molecule has 2 aromatic rings. The molecule has 8 heteroatoms. The van der Waals surface area contributed by atoms with Crippen LogP contribution in [-0.2, 0) is 16.0 Å². The van der Waals surface area contributed by atoms with Crippen LogP contribution in [0.4, 0.5) is 10.8 Å². The number of nitrogens with zero attached hydrogens (tertiary/aromatic N) is 3. The summed E-state index contributed by atoms with van der Waals surface area (Å²) in [4.78, 5) is 35.4. The van der Waals surface area contributed by atoms with E-state index in [0.717, 1.165) is 17.7 Å². The van der Waals surface area contributed by atoms with Gasteiger partial charge in [-0.15, -0.1) is 17.9 Å². The molecule has 27 heavy (non-hydrogen) atoms. The Morgan fingerprint density at radius 1 is 1.44 bits per heavy atom. The van der Waals surface area contributed by atoms with Gasteiger partial charge in [-0.3, -0.25) is 14.5 Å². The van der Waals surface area contributed by atoms with Gasteiger partial charge in [-0.1, -0.05) is 43.0 Å². The molecule has 1 aliphatic rings. The Hall–Kier alpha value is -2.45. The second kappa shape index (κ2) is 8.96. The largest absolute Gasteiger partial charge is 0.326 e. The zero-order valence-corrected chi connectivity index (χ0v) is 16.6. The highest BCUT2D eigenvalue weighted by molar-refractivity contribution is 8.15. The van der Waals surface area contributed by atoms with Crippen molar-refractivity contribution >= 4 is 50.9 Å². The minimum atomic E-state index is -0.502. The van der Waals surface area contributed by atoms with E-state index in [0.29, 0.717) is 16.8 Å². The lowest BCUT2D eigenvalue weighted by molar-refractivity contribution is -0.127. The normalized spacial score (nSPS) is 18.1. The number of amides is 2. The standard InChI is InChI=1S/C19H20N4O2S2/c1-3-10-23-17(25)15(27-19(23)22-18-20-9-11-26-18)12-16(24)21-14-8-6-5-7-13(14)4-2/h3,5-9,11,15H,1,4,10,12H2,2H3,(H,21,24). The van der Waals surface area contributed by atoms with Crippen LogP contribution in [0.3, 0.4) is 0 Å². The molecule has 3 rings (SSSR count). The zero-order chi connectivity index (χ0) is 19.2. The fourth-order valence-corrected chi connectivity index (χ4v) is 4.41. The predicted molar refractivity (Wildman–Crippen MR) is 112 cm³/mol. The topological polar surface area (TPSA) is 74.7 Å². The third-order valence-electron chi connectivity index (χ3n) is 3.99. The molecule has 1 aliphatic heterocycles. The smallest absolute Gasteiger partial charge is 0.242 e. The fraction of sp³-hybridized carbons (Fsp3) is 0.263. The van der Waals surface area contributed by atoms with E-state index in [2.05, 4.69) is 21.9 Å². The van der Waals surface area contributed by atoms with Gasteiger partial charge in [0.1, 0.15) is 5.25 Å². The highest BCUT2D eigenvalue weighted by Gasteiger charge is 2.38. The molecule has 0 spiro atoms. The summed E-state index contributed by atoms with van der Waals surface area (Å²) in [6.45, 7) is 6.09. The molecule has 1 atom stereocenters. The molecule has 1 saturated heterocycles. The van der Waals surface area contributed by atoms with E-state index in [1.165, 1.54) is 23.1 Å². The van der Waals surface area contributed by atoms with E-state index in [1.807, 2.05) is 36.6 Å². The Kier molecular flexibility index (Phi) is 6.41. The lowest BCUT2D eigenvalue weighted by Crippen LogP contribution is -2.33. The molecule has 0 aliphatic carbocycles. The van der Waals surface area contributed by atoms with Gasteiger partial charge in [-0.25, -0.2) is 4.98 Å². The van der Waals surface area contributed by atoms with Crippen molar-refractivity contribution in [2.24, 2.45) is 4.99 Å². The van der Waals surface area contributed by atoms with Crippen LogP contribution in [-0.4, -0.2) is 38.7 Å². The maximum absolute atomic E-state index is 12.7. The van der Waals surface area contributed by atoms with Crippen LogP contribution < -0.4 is 5.32 Å². The molecule has 1 N–H and O–H groups in total. The number of anilines is 1.